The molecule has 2 aromatic heterocycles. The van der Waals surface area contributed by atoms with Crippen molar-refractivity contribution in [3.63, 3.8) is 0 Å². The van der Waals surface area contributed by atoms with Gasteiger partial charge >= 0.3 is 0 Å². The Bertz CT molecular complexity index is 651. The second-order valence-electron chi connectivity index (χ2n) is 6.91. The van der Waals surface area contributed by atoms with Crippen LogP contribution < -0.4 is 4.74 Å². The summed E-state index contributed by atoms with van der Waals surface area (Å²) in [6.07, 6.45) is 6.87. The molecule has 0 amide bonds. The molecule has 0 radical (unpaired) electrons. The van der Waals surface area contributed by atoms with Gasteiger partial charge in [-0.1, -0.05) is 13.8 Å². The number of hydrogen-bond donors (Lipinski definition) is 1. The van der Waals surface area contributed by atoms with E-state index in [4.69, 9.17) is 4.74 Å². The van der Waals surface area contributed by atoms with Crippen LogP contribution in [-0.4, -0.2) is 54.9 Å². The van der Waals surface area contributed by atoms with Gasteiger partial charge in [0.05, 0.1) is 18.6 Å². The van der Waals surface area contributed by atoms with Crippen molar-refractivity contribution >= 4 is 0 Å². The quantitative estimate of drug-likeness (QED) is 0.829. The fourth-order valence-corrected chi connectivity index (χ4v) is 3.05. The molecule has 7 nitrogen and oxygen atoms in total. The predicted octanol–water partition coefficient (Wildman–Crippen LogP) is 1.38. The summed E-state index contributed by atoms with van der Waals surface area (Å²) in [4.78, 5) is 2.20. The molecule has 0 spiro atoms. The monoisotopic (exact) mass is 333 g/mol. The molecule has 3 heterocycles. The Morgan fingerprint density at radius 1 is 1.21 bits per heavy atom. The fourth-order valence-electron chi connectivity index (χ4n) is 3.05. The number of aliphatic hydroxyl groups is 1. The number of hydrogen-bond acceptors (Lipinski definition) is 5. The van der Waals surface area contributed by atoms with E-state index in [0.29, 0.717) is 24.8 Å². The summed E-state index contributed by atoms with van der Waals surface area (Å²) in [5.41, 5.74) is 1.17. The Morgan fingerprint density at radius 2 is 2.00 bits per heavy atom. The molecule has 1 saturated heterocycles. The van der Waals surface area contributed by atoms with E-state index in [1.54, 1.807) is 6.20 Å². The lowest BCUT2D eigenvalue weighted by Crippen LogP contribution is -2.29. The van der Waals surface area contributed by atoms with Crippen LogP contribution in [0.25, 0.3) is 0 Å². The Labute approximate surface area is 142 Å². The number of aromatic nitrogens is 4. The first-order valence-electron chi connectivity index (χ1n) is 8.64. The Balaban J connectivity index is 1.54. The first-order valence-corrected chi connectivity index (χ1v) is 8.64. The topological polar surface area (TPSA) is 68.3 Å². The van der Waals surface area contributed by atoms with E-state index < -0.39 is 6.10 Å². The minimum Gasteiger partial charge on any atom is -0.483 e. The average Bonchev–Trinajstić information content (AvgIpc) is 3.22. The first-order chi connectivity index (χ1) is 11.5. The smallest absolute Gasteiger partial charge is 0.157 e. The second kappa shape index (κ2) is 7.36. The minimum atomic E-state index is -0.485. The van der Waals surface area contributed by atoms with Crippen molar-refractivity contribution in [3.05, 3.63) is 30.4 Å². The van der Waals surface area contributed by atoms with Gasteiger partial charge in [-0.05, 0) is 12.8 Å². The number of ether oxygens (including phenoxy) is 1. The van der Waals surface area contributed by atoms with Crippen molar-refractivity contribution in [1.82, 2.24) is 24.5 Å². The van der Waals surface area contributed by atoms with E-state index in [0.717, 1.165) is 19.6 Å². The molecule has 1 N–H and O–H groups in total. The van der Waals surface area contributed by atoms with Gasteiger partial charge in [0.2, 0.25) is 0 Å². The van der Waals surface area contributed by atoms with Gasteiger partial charge < -0.3 is 9.84 Å². The molecule has 0 bridgehead atoms. The summed E-state index contributed by atoms with van der Waals surface area (Å²) in [7, 11) is 0. The zero-order chi connectivity index (χ0) is 17.1. The Kier molecular flexibility index (Phi) is 5.20. The lowest BCUT2D eigenvalue weighted by atomic mass is 10.2. The van der Waals surface area contributed by atoms with Crippen LogP contribution in [0, 0.1) is 5.92 Å². The van der Waals surface area contributed by atoms with Crippen LogP contribution in [0.3, 0.4) is 0 Å². The van der Waals surface area contributed by atoms with Gasteiger partial charge in [-0.3, -0.25) is 14.3 Å². The van der Waals surface area contributed by atoms with Crippen LogP contribution in [0.5, 0.6) is 5.75 Å². The zero-order valence-corrected chi connectivity index (χ0v) is 14.7. The van der Waals surface area contributed by atoms with Crippen molar-refractivity contribution in [2.24, 2.45) is 5.92 Å². The van der Waals surface area contributed by atoms with Gasteiger partial charge in [-0.15, -0.1) is 0 Å². The molecule has 0 aromatic carbocycles. The molecule has 7 heteroatoms. The summed E-state index contributed by atoms with van der Waals surface area (Å²) >= 11 is 0. The molecule has 132 valence electrons. The maximum atomic E-state index is 10.3. The van der Waals surface area contributed by atoms with Gasteiger partial charge in [-0.2, -0.15) is 10.2 Å². The number of nitrogens with zero attached hydrogens (tertiary/aromatic N) is 5. The number of aryl methyl sites for hydroxylation is 1. The van der Waals surface area contributed by atoms with E-state index in [1.807, 2.05) is 28.7 Å². The minimum absolute atomic E-state index is 0.217. The normalized spacial score (nSPS) is 21.7. The molecule has 0 saturated carbocycles. The highest BCUT2D eigenvalue weighted by atomic mass is 16.5. The average molecular weight is 333 g/mol. The molecule has 2 atom stereocenters. The lowest BCUT2D eigenvalue weighted by molar-refractivity contribution is 0.0736. The summed E-state index contributed by atoms with van der Waals surface area (Å²) < 4.78 is 9.70. The van der Waals surface area contributed by atoms with Crippen LogP contribution in [0.15, 0.2) is 24.8 Å². The van der Waals surface area contributed by atoms with Gasteiger partial charge in [0.25, 0.3) is 0 Å². The molecule has 1 aliphatic heterocycles. The van der Waals surface area contributed by atoms with E-state index in [1.165, 1.54) is 5.56 Å². The third kappa shape index (κ3) is 4.15. The second-order valence-corrected chi connectivity index (χ2v) is 6.91. The number of rotatable bonds is 7. The van der Waals surface area contributed by atoms with Crippen LogP contribution in [-0.2, 0) is 19.6 Å². The number of β-amino-alcohol motifs (C(OH)–C–C–N with tert-alkyl or cyclic N) is 1. The standard InChI is InChI=1S/C17H27N5O2/c1-4-21-10-15(6-19-21)24-17-12-20(11-16(17)23)8-14-5-18-22(9-14)7-13(2)3/h5-6,9-10,13,16-17,23H,4,7-8,11-12H2,1-3H3/t16-,17-/m1/s1. The molecule has 1 fully saturated rings. The first kappa shape index (κ1) is 17.0. The van der Waals surface area contributed by atoms with Crippen molar-refractivity contribution in [3.8, 4) is 5.75 Å². The molecular formula is C17H27N5O2. The molecule has 1 aliphatic rings. The van der Waals surface area contributed by atoms with Crippen molar-refractivity contribution in [2.45, 2.75) is 52.6 Å². The molecule has 0 unspecified atom stereocenters. The summed E-state index contributed by atoms with van der Waals surface area (Å²) in [6.45, 7) is 10.2. The highest BCUT2D eigenvalue weighted by Crippen LogP contribution is 2.20. The number of aliphatic hydroxyl groups excluding tert-OH is 1. The molecular weight excluding hydrogens is 306 g/mol. The maximum Gasteiger partial charge on any atom is 0.157 e. The van der Waals surface area contributed by atoms with E-state index in [2.05, 4.69) is 35.1 Å². The molecule has 2 aromatic rings. The van der Waals surface area contributed by atoms with Gasteiger partial charge in [0.15, 0.2) is 5.75 Å². The lowest BCUT2D eigenvalue weighted by Gasteiger charge is -2.15. The highest BCUT2D eigenvalue weighted by Gasteiger charge is 2.33. The predicted molar refractivity (Wildman–Crippen MR) is 90.7 cm³/mol. The van der Waals surface area contributed by atoms with Gasteiger partial charge in [-0.25, -0.2) is 0 Å². The molecule has 24 heavy (non-hydrogen) atoms. The summed E-state index contributed by atoms with van der Waals surface area (Å²) in [5.74, 6) is 1.29. The Morgan fingerprint density at radius 3 is 2.71 bits per heavy atom. The Hall–Kier alpha value is -1.86. The third-order valence-corrected chi connectivity index (χ3v) is 4.18. The largest absolute Gasteiger partial charge is 0.483 e. The SMILES string of the molecule is CCn1cc(O[C@@H]2CN(Cc3cnn(CC(C)C)c3)C[C@H]2O)cn1. The van der Waals surface area contributed by atoms with Gasteiger partial charge in [0.1, 0.15) is 12.2 Å². The van der Waals surface area contributed by atoms with Crippen molar-refractivity contribution in [1.29, 1.82) is 0 Å². The van der Waals surface area contributed by atoms with E-state index in [-0.39, 0.29) is 6.10 Å². The van der Waals surface area contributed by atoms with Crippen molar-refractivity contribution < 1.29 is 9.84 Å². The van der Waals surface area contributed by atoms with Crippen LogP contribution in [0.4, 0.5) is 0 Å². The fraction of sp³-hybridized carbons (Fsp3) is 0.647. The van der Waals surface area contributed by atoms with Crippen LogP contribution in [0.1, 0.15) is 26.3 Å². The maximum absolute atomic E-state index is 10.3. The molecule has 0 aliphatic carbocycles. The summed E-state index contributed by atoms with van der Waals surface area (Å²) in [6, 6.07) is 0. The zero-order valence-electron chi connectivity index (χ0n) is 14.7. The number of likely N-dealkylation sites (tertiary alicyclic amines) is 1. The summed E-state index contributed by atoms with van der Waals surface area (Å²) in [5, 5.41) is 18.9. The van der Waals surface area contributed by atoms with Crippen LogP contribution in [0.2, 0.25) is 0 Å². The van der Waals surface area contributed by atoms with E-state index in [9.17, 15) is 5.11 Å². The third-order valence-electron chi connectivity index (χ3n) is 4.18. The van der Waals surface area contributed by atoms with Gasteiger partial charge in [0, 0.05) is 44.5 Å². The highest BCUT2D eigenvalue weighted by molar-refractivity contribution is 5.13. The van der Waals surface area contributed by atoms with Crippen LogP contribution >= 0.6 is 0 Å². The molecule has 3 rings (SSSR count). The van der Waals surface area contributed by atoms with Crippen molar-refractivity contribution in [2.75, 3.05) is 13.1 Å². The van der Waals surface area contributed by atoms with E-state index >= 15 is 0 Å².